The number of fused-ring (bicyclic) bond motifs is 1. The summed E-state index contributed by atoms with van der Waals surface area (Å²) in [5.74, 6) is 4.49. The van der Waals surface area contributed by atoms with Crippen LogP contribution in [0.3, 0.4) is 0 Å². The van der Waals surface area contributed by atoms with Crippen LogP contribution in [0.15, 0.2) is 48.7 Å². The molecule has 1 saturated heterocycles. The molecule has 36 heavy (non-hydrogen) atoms. The molecule has 1 aromatic heterocycles. The maximum Gasteiger partial charge on any atom is 0.303 e. The van der Waals surface area contributed by atoms with Crippen LogP contribution >= 0.6 is 0 Å². The van der Waals surface area contributed by atoms with Crippen LogP contribution in [0.1, 0.15) is 36.8 Å². The van der Waals surface area contributed by atoms with Crippen LogP contribution in [0.2, 0.25) is 0 Å². The summed E-state index contributed by atoms with van der Waals surface area (Å²) in [5, 5.41) is 10.6. The Hall–Kier alpha value is -3.50. The molecule has 0 unspecified atom stereocenters. The molecule has 2 aromatic carbocycles. The quantitative estimate of drug-likeness (QED) is 0.432. The number of methoxy groups -OCH3 is 1. The van der Waals surface area contributed by atoms with E-state index in [1.165, 1.54) is 11.6 Å². The van der Waals surface area contributed by atoms with Crippen molar-refractivity contribution in [1.29, 1.82) is 0 Å². The number of benzene rings is 2. The van der Waals surface area contributed by atoms with Gasteiger partial charge in [0.25, 0.3) is 0 Å². The van der Waals surface area contributed by atoms with Crippen molar-refractivity contribution in [3.63, 3.8) is 0 Å². The molecule has 0 aliphatic carbocycles. The van der Waals surface area contributed by atoms with Gasteiger partial charge in [0.15, 0.2) is 11.6 Å². The largest absolute Gasteiger partial charge is 0.497 e. The topological polar surface area (TPSA) is 62.7 Å². The van der Waals surface area contributed by atoms with E-state index in [9.17, 15) is 18.7 Å². The highest BCUT2D eigenvalue weighted by molar-refractivity contribution is 5.83. The maximum absolute atomic E-state index is 13.4. The van der Waals surface area contributed by atoms with Gasteiger partial charge in [0.1, 0.15) is 5.75 Å². The van der Waals surface area contributed by atoms with E-state index in [-0.39, 0.29) is 12.3 Å². The minimum Gasteiger partial charge on any atom is -0.497 e. The average molecular weight is 493 g/mol. The van der Waals surface area contributed by atoms with E-state index in [1.807, 2.05) is 30.5 Å². The monoisotopic (exact) mass is 492 g/mol. The third-order valence-corrected chi connectivity index (χ3v) is 6.93. The molecule has 1 fully saturated rings. The summed E-state index contributed by atoms with van der Waals surface area (Å²) in [6.07, 6.45) is 5.69. The fourth-order valence-corrected chi connectivity index (χ4v) is 5.04. The second-order valence-corrected chi connectivity index (χ2v) is 9.32. The number of carboxylic acids is 1. The third-order valence-electron chi connectivity index (χ3n) is 6.93. The Bertz CT molecular complexity index is 1280. The number of carboxylic acid groups (broad SMARTS) is 1. The molecule has 0 amide bonds. The van der Waals surface area contributed by atoms with Crippen molar-refractivity contribution in [2.45, 2.75) is 32.1 Å². The number of rotatable bonds is 8. The first-order valence-electron chi connectivity index (χ1n) is 12.2. The molecule has 2 atom stereocenters. The third kappa shape index (κ3) is 6.58. The lowest BCUT2D eigenvalue weighted by Gasteiger charge is -2.37. The molecule has 1 aliphatic heterocycles. The van der Waals surface area contributed by atoms with E-state index < -0.39 is 17.6 Å². The molecule has 7 heteroatoms. The number of ether oxygens (including phenoxy) is 1. The number of pyridine rings is 1. The number of aryl methyl sites for hydroxylation is 1. The van der Waals surface area contributed by atoms with Gasteiger partial charge < -0.3 is 9.84 Å². The van der Waals surface area contributed by atoms with Gasteiger partial charge in [-0.3, -0.25) is 14.7 Å². The SMILES string of the molecule is COc1ccc2nccc(CCC[C@@H]3CCN(CC#Cc4ccc(F)c(F)c4)C[C@@H]3CC(=O)O)c2c1. The molecule has 1 N–H and O–H groups in total. The summed E-state index contributed by atoms with van der Waals surface area (Å²) in [7, 11) is 1.65. The molecule has 3 aromatic rings. The first kappa shape index (κ1) is 25.6. The van der Waals surface area contributed by atoms with Gasteiger partial charge in [-0.25, -0.2) is 8.78 Å². The fraction of sp³-hybridized carbons (Fsp3) is 0.379. The average Bonchev–Trinajstić information content (AvgIpc) is 2.87. The summed E-state index contributed by atoms with van der Waals surface area (Å²) in [5.41, 5.74) is 2.58. The molecule has 4 rings (SSSR count). The zero-order valence-corrected chi connectivity index (χ0v) is 20.3. The number of piperidine rings is 1. The minimum atomic E-state index is -0.914. The maximum atomic E-state index is 13.4. The van der Waals surface area contributed by atoms with Crippen LogP contribution < -0.4 is 4.74 Å². The van der Waals surface area contributed by atoms with Crippen LogP contribution in [0.5, 0.6) is 5.75 Å². The van der Waals surface area contributed by atoms with Crippen LogP contribution in [0.4, 0.5) is 8.78 Å². The fourth-order valence-electron chi connectivity index (χ4n) is 5.04. The van der Waals surface area contributed by atoms with E-state index >= 15 is 0 Å². The van der Waals surface area contributed by atoms with Gasteiger partial charge in [-0.2, -0.15) is 0 Å². The van der Waals surface area contributed by atoms with E-state index in [1.54, 1.807) is 7.11 Å². The molecule has 5 nitrogen and oxygen atoms in total. The number of hydrogen-bond acceptors (Lipinski definition) is 4. The van der Waals surface area contributed by atoms with Crippen LogP contribution in [-0.4, -0.2) is 47.7 Å². The lowest BCUT2D eigenvalue weighted by Crippen LogP contribution is -2.41. The van der Waals surface area contributed by atoms with Gasteiger partial charge in [0.2, 0.25) is 0 Å². The molecule has 188 valence electrons. The summed E-state index contributed by atoms with van der Waals surface area (Å²) < 4.78 is 31.8. The Kier molecular flexibility index (Phi) is 8.50. The molecule has 0 radical (unpaired) electrons. The standard InChI is InChI=1S/C29H30F2N2O3/c1-36-24-8-10-28-25(18-24)22(11-13-32-28)6-2-5-21-12-15-33(19-23(21)17-29(34)35)14-3-4-20-7-9-26(30)27(31)16-20/h7-11,13,16,18,21,23H,2,5-6,12,14-15,17,19H2,1H3,(H,34,35)/t21-,23+/m1/s1. The highest BCUT2D eigenvalue weighted by Crippen LogP contribution is 2.31. The van der Waals surface area contributed by atoms with Gasteiger partial charge in [-0.1, -0.05) is 11.8 Å². The van der Waals surface area contributed by atoms with Gasteiger partial charge >= 0.3 is 5.97 Å². The Labute approximate surface area is 210 Å². The highest BCUT2D eigenvalue weighted by Gasteiger charge is 2.30. The molecular formula is C29H30F2N2O3. The molecule has 1 aliphatic rings. The Morgan fingerprint density at radius 2 is 2.03 bits per heavy atom. The van der Waals surface area contributed by atoms with Crippen molar-refractivity contribution < 1.29 is 23.4 Å². The van der Waals surface area contributed by atoms with Crippen molar-refractivity contribution in [3.05, 3.63) is 71.4 Å². The number of hydrogen-bond donors (Lipinski definition) is 1. The normalized spacial score (nSPS) is 18.0. The predicted molar refractivity (Wildman–Crippen MR) is 135 cm³/mol. The van der Waals surface area contributed by atoms with Gasteiger partial charge in [0.05, 0.1) is 19.2 Å². The molecule has 0 bridgehead atoms. The van der Waals surface area contributed by atoms with Gasteiger partial charge in [0, 0.05) is 30.1 Å². The summed E-state index contributed by atoms with van der Waals surface area (Å²) in [6, 6.07) is 11.5. The number of aliphatic carboxylic acids is 1. The van der Waals surface area contributed by atoms with Crippen molar-refractivity contribution in [1.82, 2.24) is 9.88 Å². The molecule has 2 heterocycles. The Balaban J connectivity index is 1.35. The highest BCUT2D eigenvalue weighted by atomic mass is 19.2. The predicted octanol–water partition coefficient (Wildman–Crippen LogP) is 5.31. The van der Waals surface area contributed by atoms with Crippen molar-refractivity contribution >= 4 is 16.9 Å². The van der Waals surface area contributed by atoms with Crippen LogP contribution in [0, 0.1) is 35.3 Å². The molecular weight excluding hydrogens is 462 g/mol. The number of halogens is 2. The first-order chi connectivity index (χ1) is 17.4. The first-order valence-corrected chi connectivity index (χ1v) is 12.2. The van der Waals surface area contributed by atoms with E-state index in [0.29, 0.717) is 24.6 Å². The minimum absolute atomic E-state index is 0.0515. The summed E-state index contributed by atoms with van der Waals surface area (Å²) in [6.45, 7) is 1.97. The van der Waals surface area contributed by atoms with E-state index in [4.69, 9.17) is 4.74 Å². The van der Waals surface area contributed by atoms with E-state index in [0.717, 1.165) is 61.0 Å². The van der Waals surface area contributed by atoms with Gasteiger partial charge in [-0.15, -0.1) is 0 Å². The molecule has 0 saturated carbocycles. The lowest BCUT2D eigenvalue weighted by atomic mass is 9.80. The number of carbonyl (C=O) groups is 1. The molecule has 0 spiro atoms. The van der Waals surface area contributed by atoms with Gasteiger partial charge in [-0.05, 0) is 92.1 Å². The number of nitrogens with zero attached hydrogens (tertiary/aromatic N) is 2. The van der Waals surface area contributed by atoms with Crippen LogP contribution in [-0.2, 0) is 11.2 Å². The Morgan fingerprint density at radius 3 is 2.81 bits per heavy atom. The lowest BCUT2D eigenvalue weighted by molar-refractivity contribution is -0.139. The Morgan fingerprint density at radius 1 is 1.17 bits per heavy atom. The summed E-state index contributed by atoms with van der Waals surface area (Å²) in [4.78, 5) is 18.1. The van der Waals surface area contributed by atoms with E-state index in [2.05, 4.69) is 21.7 Å². The summed E-state index contributed by atoms with van der Waals surface area (Å²) >= 11 is 0. The second kappa shape index (κ2) is 12.0. The number of aromatic nitrogens is 1. The smallest absolute Gasteiger partial charge is 0.303 e. The van der Waals surface area contributed by atoms with Crippen molar-refractivity contribution in [3.8, 4) is 17.6 Å². The zero-order chi connectivity index (χ0) is 25.5. The number of likely N-dealkylation sites (tertiary alicyclic amines) is 1. The van der Waals surface area contributed by atoms with Crippen LogP contribution in [0.25, 0.3) is 10.9 Å². The zero-order valence-electron chi connectivity index (χ0n) is 20.3. The van der Waals surface area contributed by atoms with Crippen molar-refractivity contribution in [2.75, 3.05) is 26.7 Å². The van der Waals surface area contributed by atoms with Crippen molar-refractivity contribution in [2.24, 2.45) is 11.8 Å². The second-order valence-electron chi connectivity index (χ2n) is 9.32.